The number of benzene rings is 2. The minimum absolute atomic E-state index is 0.00629. The molecule has 2 aromatic rings. The lowest BCUT2D eigenvalue weighted by molar-refractivity contribution is 0.485. The minimum atomic E-state index is -3.97. The summed E-state index contributed by atoms with van der Waals surface area (Å²) in [5, 5.41) is 0.472. The number of hydrogen-bond donors (Lipinski definition) is 0. The average Bonchev–Trinajstić information content (AvgIpc) is 2.41. The van der Waals surface area contributed by atoms with Crippen molar-refractivity contribution >= 4 is 33.3 Å². The summed E-state index contributed by atoms with van der Waals surface area (Å²) in [6, 6.07) is 9.80. The van der Waals surface area contributed by atoms with Crippen molar-refractivity contribution in [2.45, 2.75) is 38.0 Å². The van der Waals surface area contributed by atoms with Gasteiger partial charge in [-0.1, -0.05) is 56.1 Å². The van der Waals surface area contributed by atoms with Crippen molar-refractivity contribution in [3.8, 4) is 5.75 Å². The largest absolute Gasteiger partial charge is 0.379 e. The standard InChI is InChI=1S/C17H18Cl2O3S/c1-11-9-14(18)15(19)10-16(11)23(20,21)22-13-7-5-12(6-8-13)17(2,3)4/h5-10H,1-4H3. The number of aryl methyl sites for hydroxylation is 1. The lowest BCUT2D eigenvalue weighted by atomic mass is 9.87. The van der Waals surface area contributed by atoms with E-state index < -0.39 is 10.1 Å². The summed E-state index contributed by atoms with van der Waals surface area (Å²) in [4.78, 5) is 0.00629. The summed E-state index contributed by atoms with van der Waals surface area (Å²) in [7, 11) is -3.97. The van der Waals surface area contributed by atoms with E-state index in [1.165, 1.54) is 12.1 Å². The predicted octanol–water partition coefficient (Wildman–Crippen LogP) is 5.37. The second kappa shape index (κ2) is 6.34. The molecule has 0 N–H and O–H groups in total. The van der Waals surface area contributed by atoms with Crippen molar-refractivity contribution < 1.29 is 12.6 Å². The predicted molar refractivity (Wildman–Crippen MR) is 94.2 cm³/mol. The van der Waals surface area contributed by atoms with Crippen LogP contribution in [0.1, 0.15) is 31.9 Å². The Bertz CT molecular complexity index is 820. The first-order valence-corrected chi connectivity index (χ1v) is 9.18. The Kier molecular flexibility index (Phi) is 5.00. The van der Waals surface area contributed by atoms with Crippen LogP contribution in [0.15, 0.2) is 41.3 Å². The molecule has 0 amide bonds. The molecule has 0 saturated carbocycles. The molecule has 2 aromatic carbocycles. The van der Waals surface area contributed by atoms with E-state index in [0.29, 0.717) is 10.6 Å². The van der Waals surface area contributed by atoms with Crippen molar-refractivity contribution in [1.82, 2.24) is 0 Å². The molecule has 2 rings (SSSR count). The molecule has 0 spiro atoms. The lowest BCUT2D eigenvalue weighted by Gasteiger charge is -2.19. The molecule has 0 aliphatic carbocycles. The zero-order valence-electron chi connectivity index (χ0n) is 13.4. The van der Waals surface area contributed by atoms with Crippen molar-refractivity contribution in [1.29, 1.82) is 0 Å². The van der Waals surface area contributed by atoms with Crippen LogP contribution in [-0.4, -0.2) is 8.42 Å². The molecule has 23 heavy (non-hydrogen) atoms. The maximum atomic E-state index is 12.4. The molecule has 0 saturated heterocycles. The molecule has 3 nitrogen and oxygen atoms in total. The van der Waals surface area contributed by atoms with Crippen LogP contribution in [0.3, 0.4) is 0 Å². The second-order valence-corrected chi connectivity index (χ2v) is 8.67. The van der Waals surface area contributed by atoms with Crippen LogP contribution in [0.2, 0.25) is 10.0 Å². The Morgan fingerprint density at radius 1 is 0.957 bits per heavy atom. The monoisotopic (exact) mass is 372 g/mol. The van der Waals surface area contributed by atoms with Crippen molar-refractivity contribution in [3.63, 3.8) is 0 Å². The van der Waals surface area contributed by atoms with Gasteiger partial charge in [0, 0.05) is 0 Å². The van der Waals surface area contributed by atoms with Crippen LogP contribution in [0.4, 0.5) is 0 Å². The average molecular weight is 373 g/mol. The van der Waals surface area contributed by atoms with Gasteiger partial charge >= 0.3 is 10.1 Å². The summed E-state index contributed by atoms with van der Waals surface area (Å²) in [5.74, 6) is 0.253. The maximum Gasteiger partial charge on any atom is 0.339 e. The third kappa shape index (κ3) is 4.19. The molecule has 0 bridgehead atoms. The van der Waals surface area contributed by atoms with Gasteiger partial charge in [-0.2, -0.15) is 8.42 Å². The van der Waals surface area contributed by atoms with Gasteiger partial charge in [0.15, 0.2) is 0 Å². The number of halogens is 2. The molecule has 0 heterocycles. The highest BCUT2D eigenvalue weighted by atomic mass is 35.5. The first kappa shape index (κ1) is 18.1. The van der Waals surface area contributed by atoms with E-state index in [4.69, 9.17) is 27.4 Å². The molecular formula is C17H18Cl2O3S. The van der Waals surface area contributed by atoms with Crippen molar-refractivity contribution in [3.05, 3.63) is 57.6 Å². The molecular weight excluding hydrogens is 355 g/mol. The van der Waals surface area contributed by atoms with E-state index in [9.17, 15) is 8.42 Å². The van der Waals surface area contributed by atoms with E-state index in [-0.39, 0.29) is 21.1 Å². The first-order valence-electron chi connectivity index (χ1n) is 7.01. The molecule has 0 radical (unpaired) electrons. The van der Waals surface area contributed by atoms with Crippen molar-refractivity contribution in [2.75, 3.05) is 0 Å². The third-order valence-electron chi connectivity index (χ3n) is 3.41. The Morgan fingerprint density at radius 2 is 1.48 bits per heavy atom. The highest BCUT2D eigenvalue weighted by molar-refractivity contribution is 7.87. The van der Waals surface area contributed by atoms with Crippen molar-refractivity contribution in [2.24, 2.45) is 0 Å². The molecule has 0 fully saturated rings. The minimum Gasteiger partial charge on any atom is -0.379 e. The smallest absolute Gasteiger partial charge is 0.339 e. The molecule has 0 atom stereocenters. The Balaban J connectivity index is 2.34. The van der Waals surface area contributed by atoms with Gasteiger partial charge in [-0.25, -0.2) is 0 Å². The lowest BCUT2D eigenvalue weighted by Crippen LogP contribution is -2.13. The molecule has 0 aliphatic heterocycles. The summed E-state index contributed by atoms with van der Waals surface area (Å²) >= 11 is 11.8. The van der Waals surface area contributed by atoms with Crippen LogP contribution in [0.25, 0.3) is 0 Å². The Labute approximate surface area is 147 Å². The summed E-state index contributed by atoms with van der Waals surface area (Å²) in [6.07, 6.45) is 0. The second-order valence-electron chi connectivity index (χ2n) is 6.34. The normalized spacial score (nSPS) is 12.3. The zero-order valence-corrected chi connectivity index (χ0v) is 15.7. The molecule has 124 valence electrons. The fraction of sp³-hybridized carbons (Fsp3) is 0.294. The van der Waals surface area contributed by atoms with Gasteiger partial charge in [0.25, 0.3) is 0 Å². The van der Waals surface area contributed by atoms with E-state index in [0.717, 1.165) is 5.56 Å². The van der Waals surface area contributed by atoms with Crippen LogP contribution in [0, 0.1) is 6.92 Å². The third-order valence-corrected chi connectivity index (χ3v) is 5.53. The van der Waals surface area contributed by atoms with E-state index >= 15 is 0 Å². The summed E-state index contributed by atoms with van der Waals surface area (Å²) in [6.45, 7) is 7.89. The molecule has 0 aliphatic rings. The van der Waals surface area contributed by atoms with Gasteiger partial charge in [-0.05, 0) is 47.7 Å². The first-order chi connectivity index (χ1) is 10.5. The van der Waals surface area contributed by atoms with E-state index in [2.05, 4.69) is 20.8 Å². The summed E-state index contributed by atoms with van der Waals surface area (Å²) in [5.41, 5.74) is 1.55. The van der Waals surface area contributed by atoms with Gasteiger partial charge in [0.1, 0.15) is 10.6 Å². The molecule has 0 aromatic heterocycles. The van der Waals surface area contributed by atoms with Crippen LogP contribution < -0.4 is 4.18 Å². The van der Waals surface area contributed by atoms with E-state index in [1.54, 1.807) is 19.1 Å². The highest BCUT2D eigenvalue weighted by Gasteiger charge is 2.21. The molecule has 6 heteroatoms. The quantitative estimate of drug-likeness (QED) is 0.680. The SMILES string of the molecule is Cc1cc(Cl)c(Cl)cc1S(=O)(=O)Oc1ccc(C(C)(C)C)cc1. The van der Waals surface area contributed by atoms with Gasteiger partial charge in [-0.15, -0.1) is 0 Å². The van der Waals surface area contributed by atoms with Crippen LogP contribution in [-0.2, 0) is 15.5 Å². The summed E-state index contributed by atoms with van der Waals surface area (Å²) < 4.78 is 30.1. The highest BCUT2D eigenvalue weighted by Crippen LogP contribution is 2.30. The molecule has 0 unspecified atom stereocenters. The number of rotatable bonds is 3. The van der Waals surface area contributed by atoms with E-state index in [1.807, 2.05) is 12.1 Å². The Morgan fingerprint density at radius 3 is 2.00 bits per heavy atom. The Hall–Kier alpha value is -1.23. The zero-order chi connectivity index (χ0) is 17.4. The maximum absolute atomic E-state index is 12.4. The fourth-order valence-corrected chi connectivity index (χ4v) is 3.70. The number of hydrogen-bond acceptors (Lipinski definition) is 3. The van der Waals surface area contributed by atoms with Gasteiger partial charge in [0.2, 0.25) is 0 Å². The van der Waals surface area contributed by atoms with Crippen LogP contribution in [0.5, 0.6) is 5.75 Å². The van der Waals surface area contributed by atoms with Gasteiger partial charge in [-0.3, -0.25) is 0 Å². The topological polar surface area (TPSA) is 43.4 Å². The van der Waals surface area contributed by atoms with Gasteiger partial charge < -0.3 is 4.18 Å². The fourth-order valence-electron chi connectivity index (χ4n) is 2.08. The van der Waals surface area contributed by atoms with Crippen LogP contribution >= 0.6 is 23.2 Å². The van der Waals surface area contributed by atoms with Gasteiger partial charge in [0.05, 0.1) is 10.0 Å².